The van der Waals surface area contributed by atoms with Crippen LogP contribution in [0.2, 0.25) is 0 Å². The Morgan fingerprint density at radius 3 is 2.67 bits per heavy atom. The van der Waals surface area contributed by atoms with Crippen molar-refractivity contribution in [2.45, 2.75) is 13.3 Å². The molecule has 0 aromatic rings. The van der Waals surface area contributed by atoms with Crippen LogP contribution in [0.15, 0.2) is 0 Å². The van der Waals surface area contributed by atoms with Gasteiger partial charge in [-0.2, -0.15) is 0 Å². The molecule has 0 bridgehead atoms. The minimum Gasteiger partial charge on any atom is -0.346 e. The molecule has 0 aromatic carbocycles. The summed E-state index contributed by atoms with van der Waals surface area (Å²) in [7, 11) is 0. The van der Waals surface area contributed by atoms with Crippen molar-refractivity contribution in [1.29, 1.82) is 0 Å². The predicted octanol–water partition coefficient (Wildman–Crippen LogP) is -0.410. The molecule has 1 rings (SSSR count). The summed E-state index contributed by atoms with van der Waals surface area (Å²) < 4.78 is 0. The Morgan fingerprint density at radius 2 is 2.50 bits per heavy atom. The second-order valence-electron chi connectivity index (χ2n) is 2.21. The molecule has 0 aromatic heterocycles. The third-order valence-electron chi connectivity index (χ3n) is 1.43. The van der Waals surface area contributed by atoms with E-state index in [1.165, 1.54) is 19.5 Å². The van der Waals surface area contributed by atoms with Gasteiger partial charge in [-0.15, -0.1) is 0 Å². The van der Waals surface area contributed by atoms with E-state index < -0.39 is 0 Å². The van der Waals surface area contributed by atoms with E-state index in [2.05, 4.69) is 12.2 Å². The lowest BCUT2D eigenvalue weighted by atomic mass is 10.2. The standard InChI is InChI=1S/C5H11N/c1-5-2-3-6-4-5/h5-6H,2-4H2,1H3/p+1. The second-order valence-corrected chi connectivity index (χ2v) is 2.21. The molecular weight excluding hydrogens is 74.1 g/mol. The molecule has 1 aliphatic heterocycles. The summed E-state index contributed by atoms with van der Waals surface area (Å²) in [6.45, 7) is 5.03. The summed E-state index contributed by atoms with van der Waals surface area (Å²) in [5.74, 6) is 0.991. The van der Waals surface area contributed by atoms with Gasteiger partial charge in [0.2, 0.25) is 0 Å². The van der Waals surface area contributed by atoms with Gasteiger partial charge in [0.15, 0.2) is 0 Å². The van der Waals surface area contributed by atoms with Gasteiger partial charge in [0.25, 0.3) is 0 Å². The van der Waals surface area contributed by atoms with Gasteiger partial charge in [-0.3, -0.25) is 0 Å². The highest BCUT2D eigenvalue weighted by atomic mass is 14.9. The zero-order chi connectivity index (χ0) is 4.41. The van der Waals surface area contributed by atoms with E-state index in [0.717, 1.165) is 5.92 Å². The van der Waals surface area contributed by atoms with E-state index in [-0.39, 0.29) is 0 Å². The Hall–Kier alpha value is -0.0400. The third-order valence-corrected chi connectivity index (χ3v) is 1.43. The normalized spacial score (nSPS) is 34.5. The van der Waals surface area contributed by atoms with Crippen LogP contribution in [0.1, 0.15) is 13.3 Å². The van der Waals surface area contributed by atoms with Crippen LogP contribution in [-0.2, 0) is 0 Å². The van der Waals surface area contributed by atoms with Crippen molar-refractivity contribution in [1.82, 2.24) is 0 Å². The van der Waals surface area contributed by atoms with Crippen molar-refractivity contribution in [2.24, 2.45) is 5.92 Å². The van der Waals surface area contributed by atoms with Crippen molar-refractivity contribution >= 4 is 0 Å². The first kappa shape index (κ1) is 4.13. The Kier molecular flexibility index (Phi) is 1.10. The fraction of sp³-hybridized carbons (Fsp3) is 1.00. The molecule has 1 aliphatic rings. The minimum absolute atomic E-state index is 0.991. The van der Waals surface area contributed by atoms with Crippen LogP contribution in [-0.4, -0.2) is 13.1 Å². The first-order valence-corrected chi connectivity index (χ1v) is 2.71. The minimum atomic E-state index is 0.991. The predicted molar refractivity (Wildman–Crippen MR) is 25.4 cm³/mol. The Bertz CT molecular complexity index is 37.2. The molecule has 2 N–H and O–H groups in total. The topological polar surface area (TPSA) is 16.6 Å². The summed E-state index contributed by atoms with van der Waals surface area (Å²) in [6.07, 6.45) is 1.43. The van der Waals surface area contributed by atoms with Crippen molar-refractivity contribution in [3.63, 3.8) is 0 Å². The largest absolute Gasteiger partial charge is 0.346 e. The van der Waals surface area contributed by atoms with E-state index in [9.17, 15) is 0 Å². The quantitative estimate of drug-likeness (QED) is 0.413. The molecule has 1 nitrogen and oxygen atoms in total. The lowest BCUT2D eigenvalue weighted by Crippen LogP contribution is -2.81. The molecular formula is C5H12N+. The zero-order valence-electron chi connectivity index (χ0n) is 4.28. The van der Waals surface area contributed by atoms with Gasteiger partial charge in [-0.1, -0.05) is 6.92 Å². The smallest absolute Gasteiger partial charge is 0.0783 e. The highest BCUT2D eigenvalue weighted by molar-refractivity contribution is 4.51. The van der Waals surface area contributed by atoms with E-state index >= 15 is 0 Å². The number of rotatable bonds is 0. The Balaban J connectivity index is 2.18. The van der Waals surface area contributed by atoms with E-state index in [1.807, 2.05) is 0 Å². The van der Waals surface area contributed by atoms with Gasteiger partial charge in [0.05, 0.1) is 13.1 Å². The van der Waals surface area contributed by atoms with Crippen molar-refractivity contribution in [3.05, 3.63) is 0 Å². The van der Waals surface area contributed by atoms with Crippen LogP contribution in [0.4, 0.5) is 0 Å². The maximum absolute atomic E-state index is 2.38. The molecule has 0 spiro atoms. The van der Waals surface area contributed by atoms with Gasteiger partial charge >= 0.3 is 0 Å². The van der Waals surface area contributed by atoms with Crippen molar-refractivity contribution in [2.75, 3.05) is 13.1 Å². The summed E-state index contributed by atoms with van der Waals surface area (Å²) in [6, 6.07) is 0. The first-order valence-electron chi connectivity index (χ1n) is 2.71. The average Bonchev–Trinajstić information content (AvgIpc) is 1.86. The van der Waals surface area contributed by atoms with Crippen molar-refractivity contribution in [3.8, 4) is 0 Å². The van der Waals surface area contributed by atoms with Crippen LogP contribution in [0.25, 0.3) is 0 Å². The van der Waals surface area contributed by atoms with E-state index in [4.69, 9.17) is 0 Å². The lowest BCUT2D eigenvalue weighted by Gasteiger charge is -1.86. The number of nitrogens with two attached hydrogens (primary N) is 1. The number of quaternary nitrogens is 1. The SMILES string of the molecule is CC1CC[NH2+]C1. The lowest BCUT2D eigenvalue weighted by molar-refractivity contribution is -0.637. The molecule has 1 saturated heterocycles. The first-order chi connectivity index (χ1) is 2.89. The van der Waals surface area contributed by atoms with Gasteiger partial charge < -0.3 is 5.32 Å². The molecule has 0 radical (unpaired) electrons. The zero-order valence-corrected chi connectivity index (χ0v) is 4.28. The molecule has 0 aliphatic carbocycles. The molecule has 1 unspecified atom stereocenters. The van der Waals surface area contributed by atoms with Crippen LogP contribution < -0.4 is 5.32 Å². The van der Waals surface area contributed by atoms with Crippen LogP contribution in [0.3, 0.4) is 0 Å². The molecule has 1 heteroatoms. The molecule has 0 amide bonds. The maximum atomic E-state index is 2.38. The van der Waals surface area contributed by atoms with Crippen molar-refractivity contribution < 1.29 is 5.32 Å². The summed E-state index contributed by atoms with van der Waals surface area (Å²) in [5.41, 5.74) is 0. The highest BCUT2D eigenvalue weighted by Gasteiger charge is 2.10. The molecule has 36 valence electrons. The molecule has 1 fully saturated rings. The van der Waals surface area contributed by atoms with Gasteiger partial charge in [-0.05, 0) is 0 Å². The van der Waals surface area contributed by atoms with Crippen LogP contribution in [0.5, 0.6) is 0 Å². The Morgan fingerprint density at radius 1 is 1.67 bits per heavy atom. The fourth-order valence-corrected chi connectivity index (χ4v) is 0.923. The fourth-order valence-electron chi connectivity index (χ4n) is 0.923. The third kappa shape index (κ3) is 0.716. The summed E-state index contributed by atoms with van der Waals surface area (Å²) in [4.78, 5) is 0. The van der Waals surface area contributed by atoms with Crippen LogP contribution >= 0.6 is 0 Å². The molecule has 0 saturated carbocycles. The van der Waals surface area contributed by atoms with Crippen LogP contribution in [0, 0.1) is 5.92 Å². The molecule has 1 atom stereocenters. The van der Waals surface area contributed by atoms with E-state index in [1.54, 1.807) is 0 Å². The molecule has 1 heterocycles. The van der Waals surface area contributed by atoms with E-state index in [0.29, 0.717) is 0 Å². The number of hydrogen-bond acceptors (Lipinski definition) is 0. The number of hydrogen-bond donors (Lipinski definition) is 1. The summed E-state index contributed by atoms with van der Waals surface area (Å²) >= 11 is 0. The second kappa shape index (κ2) is 1.61. The monoisotopic (exact) mass is 86.1 g/mol. The van der Waals surface area contributed by atoms with Gasteiger partial charge in [-0.25, -0.2) is 0 Å². The highest BCUT2D eigenvalue weighted by Crippen LogP contribution is 1.97. The van der Waals surface area contributed by atoms with Gasteiger partial charge in [0, 0.05) is 12.3 Å². The Labute approximate surface area is 38.7 Å². The molecule has 6 heavy (non-hydrogen) atoms. The summed E-state index contributed by atoms with van der Waals surface area (Å²) in [5, 5.41) is 2.38. The average molecular weight is 86.2 g/mol. The maximum Gasteiger partial charge on any atom is 0.0783 e. The van der Waals surface area contributed by atoms with Gasteiger partial charge in [0.1, 0.15) is 0 Å².